The van der Waals surface area contributed by atoms with E-state index in [1.54, 1.807) is 14.0 Å². The first-order valence-corrected chi connectivity index (χ1v) is 8.63. The fourth-order valence-electron chi connectivity index (χ4n) is 4.85. The first-order valence-electron chi connectivity index (χ1n) is 8.63. The van der Waals surface area contributed by atoms with Crippen LogP contribution in [0.3, 0.4) is 0 Å². The molecule has 21 heavy (non-hydrogen) atoms. The molecule has 2 heterocycles. The Balaban J connectivity index is 1.69. The Kier molecular flexibility index (Phi) is 4.55. The van der Waals surface area contributed by atoms with Gasteiger partial charge in [-0.1, -0.05) is 19.3 Å². The fourth-order valence-corrected chi connectivity index (χ4v) is 4.85. The molecular formula is C17H30N2O2. The van der Waals surface area contributed by atoms with Gasteiger partial charge in [-0.15, -0.1) is 0 Å². The van der Waals surface area contributed by atoms with E-state index in [9.17, 15) is 4.79 Å². The number of amides is 1. The number of piperidine rings is 1. The van der Waals surface area contributed by atoms with Gasteiger partial charge in [-0.05, 0) is 31.7 Å². The summed E-state index contributed by atoms with van der Waals surface area (Å²) in [5.74, 6) is 0.820. The molecule has 0 aromatic carbocycles. The molecule has 2 atom stereocenters. The Hall–Kier alpha value is -0.610. The van der Waals surface area contributed by atoms with Gasteiger partial charge in [0.25, 0.3) is 0 Å². The first kappa shape index (κ1) is 15.3. The van der Waals surface area contributed by atoms with Crippen molar-refractivity contribution in [2.45, 2.75) is 51.5 Å². The van der Waals surface area contributed by atoms with Gasteiger partial charge in [0.15, 0.2) is 0 Å². The lowest BCUT2D eigenvalue weighted by Gasteiger charge is -2.46. The Morgan fingerprint density at radius 3 is 2.67 bits per heavy atom. The molecule has 1 aliphatic carbocycles. The third kappa shape index (κ3) is 2.98. The highest BCUT2D eigenvalue weighted by Gasteiger charge is 2.50. The minimum atomic E-state index is 0.214. The normalized spacial score (nSPS) is 35.0. The van der Waals surface area contributed by atoms with Gasteiger partial charge in [0.1, 0.15) is 0 Å². The lowest BCUT2D eigenvalue weighted by Crippen LogP contribution is -2.52. The number of carbonyl (C=O) groups is 1. The van der Waals surface area contributed by atoms with Crippen molar-refractivity contribution in [2.24, 2.45) is 11.3 Å². The third-order valence-corrected chi connectivity index (χ3v) is 6.13. The van der Waals surface area contributed by atoms with Crippen LogP contribution in [0.25, 0.3) is 0 Å². The SMILES string of the molecule is COC[C@@]12CCN(C3CCCCC3)C[C@@H]1CN(C(C)=O)C2. The first-order chi connectivity index (χ1) is 10.1. The largest absolute Gasteiger partial charge is 0.384 e. The zero-order valence-corrected chi connectivity index (χ0v) is 13.6. The van der Waals surface area contributed by atoms with Gasteiger partial charge >= 0.3 is 0 Å². The van der Waals surface area contributed by atoms with Crippen molar-refractivity contribution in [3.63, 3.8) is 0 Å². The predicted molar refractivity (Wildman–Crippen MR) is 83.1 cm³/mol. The highest BCUT2D eigenvalue weighted by Crippen LogP contribution is 2.44. The molecule has 0 aromatic heterocycles. The topological polar surface area (TPSA) is 32.8 Å². The van der Waals surface area contributed by atoms with E-state index in [0.717, 1.165) is 32.3 Å². The summed E-state index contributed by atoms with van der Waals surface area (Å²) in [6, 6.07) is 0.797. The number of carbonyl (C=O) groups excluding carboxylic acids is 1. The van der Waals surface area contributed by atoms with E-state index in [1.165, 1.54) is 45.1 Å². The molecule has 4 heteroatoms. The van der Waals surface area contributed by atoms with E-state index >= 15 is 0 Å². The standard InChI is InChI=1S/C17H30N2O2/c1-14(20)19-11-15-10-18(16-6-4-3-5-7-16)9-8-17(15,12-19)13-21-2/h15-16H,3-13H2,1-2H3/t15-,17+/m1/s1. The predicted octanol–water partition coefficient (Wildman–Crippen LogP) is 2.14. The molecule has 0 spiro atoms. The highest BCUT2D eigenvalue weighted by molar-refractivity contribution is 5.73. The second-order valence-electron chi connectivity index (χ2n) is 7.43. The van der Waals surface area contributed by atoms with Gasteiger partial charge in [0.2, 0.25) is 5.91 Å². The summed E-state index contributed by atoms with van der Waals surface area (Å²) in [6.07, 6.45) is 8.15. The summed E-state index contributed by atoms with van der Waals surface area (Å²) < 4.78 is 5.54. The van der Waals surface area contributed by atoms with Gasteiger partial charge in [-0.25, -0.2) is 0 Å². The van der Waals surface area contributed by atoms with Crippen LogP contribution in [0.2, 0.25) is 0 Å². The van der Waals surface area contributed by atoms with Crippen LogP contribution in [0.5, 0.6) is 0 Å². The molecule has 2 saturated heterocycles. The lowest BCUT2D eigenvalue weighted by molar-refractivity contribution is -0.128. The van der Waals surface area contributed by atoms with Gasteiger partial charge < -0.3 is 9.64 Å². The number of hydrogen-bond donors (Lipinski definition) is 0. The molecule has 1 amide bonds. The average Bonchev–Trinajstić information content (AvgIpc) is 2.87. The van der Waals surface area contributed by atoms with E-state index in [0.29, 0.717) is 5.92 Å². The molecule has 3 rings (SSSR count). The number of likely N-dealkylation sites (tertiary alicyclic amines) is 2. The van der Waals surface area contributed by atoms with Crippen LogP contribution in [0.4, 0.5) is 0 Å². The van der Waals surface area contributed by atoms with Crippen molar-refractivity contribution < 1.29 is 9.53 Å². The zero-order valence-electron chi connectivity index (χ0n) is 13.6. The maximum atomic E-state index is 11.8. The molecule has 3 aliphatic rings. The molecule has 120 valence electrons. The second-order valence-corrected chi connectivity index (χ2v) is 7.43. The molecule has 0 aromatic rings. The zero-order chi connectivity index (χ0) is 14.9. The molecule has 2 aliphatic heterocycles. The molecule has 4 nitrogen and oxygen atoms in total. The molecule has 3 fully saturated rings. The number of hydrogen-bond acceptors (Lipinski definition) is 3. The Labute approximate surface area is 128 Å². The minimum absolute atomic E-state index is 0.214. The van der Waals surface area contributed by atoms with Gasteiger partial charge in [-0.3, -0.25) is 9.69 Å². The van der Waals surface area contributed by atoms with Crippen LogP contribution in [-0.2, 0) is 9.53 Å². The van der Waals surface area contributed by atoms with Crippen molar-refractivity contribution in [2.75, 3.05) is 39.9 Å². The number of methoxy groups -OCH3 is 1. The van der Waals surface area contributed by atoms with Crippen LogP contribution in [0.15, 0.2) is 0 Å². The summed E-state index contributed by atoms with van der Waals surface area (Å²) in [5.41, 5.74) is 0.214. The van der Waals surface area contributed by atoms with Crippen LogP contribution in [0.1, 0.15) is 45.4 Å². The highest BCUT2D eigenvalue weighted by atomic mass is 16.5. The molecule has 1 saturated carbocycles. The van der Waals surface area contributed by atoms with E-state index in [2.05, 4.69) is 4.90 Å². The van der Waals surface area contributed by atoms with Gasteiger partial charge in [0.05, 0.1) is 6.61 Å². The minimum Gasteiger partial charge on any atom is -0.384 e. The summed E-state index contributed by atoms with van der Waals surface area (Å²) in [5, 5.41) is 0. The van der Waals surface area contributed by atoms with Crippen LogP contribution >= 0.6 is 0 Å². The maximum absolute atomic E-state index is 11.8. The number of fused-ring (bicyclic) bond motifs is 1. The van der Waals surface area contributed by atoms with Crippen molar-refractivity contribution >= 4 is 5.91 Å². The van der Waals surface area contributed by atoms with Crippen molar-refractivity contribution in [3.8, 4) is 0 Å². The second kappa shape index (κ2) is 6.25. The molecule has 0 bridgehead atoms. The van der Waals surface area contributed by atoms with Crippen molar-refractivity contribution in [3.05, 3.63) is 0 Å². The van der Waals surface area contributed by atoms with Crippen LogP contribution in [-0.4, -0.2) is 61.6 Å². The summed E-state index contributed by atoms with van der Waals surface area (Å²) in [4.78, 5) is 16.6. The monoisotopic (exact) mass is 294 g/mol. The smallest absolute Gasteiger partial charge is 0.219 e. The fraction of sp³-hybridized carbons (Fsp3) is 0.941. The van der Waals surface area contributed by atoms with Crippen molar-refractivity contribution in [1.29, 1.82) is 0 Å². The Morgan fingerprint density at radius 1 is 1.24 bits per heavy atom. The Bertz CT molecular complexity index is 381. The average molecular weight is 294 g/mol. The number of rotatable bonds is 3. The molecular weight excluding hydrogens is 264 g/mol. The number of ether oxygens (including phenoxy) is 1. The molecule has 0 unspecified atom stereocenters. The van der Waals surface area contributed by atoms with Crippen LogP contribution in [0, 0.1) is 11.3 Å². The summed E-state index contributed by atoms with van der Waals surface area (Å²) in [6.45, 7) is 6.70. The molecule has 0 radical (unpaired) electrons. The van der Waals surface area contributed by atoms with E-state index in [1.807, 2.05) is 4.90 Å². The maximum Gasteiger partial charge on any atom is 0.219 e. The van der Waals surface area contributed by atoms with E-state index in [-0.39, 0.29) is 11.3 Å². The quantitative estimate of drug-likeness (QED) is 0.799. The van der Waals surface area contributed by atoms with E-state index in [4.69, 9.17) is 4.74 Å². The third-order valence-electron chi connectivity index (χ3n) is 6.13. The van der Waals surface area contributed by atoms with Crippen LogP contribution < -0.4 is 0 Å². The summed E-state index contributed by atoms with van der Waals surface area (Å²) >= 11 is 0. The Morgan fingerprint density at radius 2 is 2.00 bits per heavy atom. The number of nitrogens with zero attached hydrogens (tertiary/aromatic N) is 2. The molecule has 0 N–H and O–H groups in total. The van der Waals surface area contributed by atoms with Gasteiger partial charge in [0, 0.05) is 45.1 Å². The van der Waals surface area contributed by atoms with E-state index < -0.39 is 0 Å². The van der Waals surface area contributed by atoms with Gasteiger partial charge in [-0.2, -0.15) is 0 Å². The summed E-state index contributed by atoms with van der Waals surface area (Å²) in [7, 11) is 1.80. The van der Waals surface area contributed by atoms with Crippen molar-refractivity contribution in [1.82, 2.24) is 9.80 Å². The lowest BCUT2D eigenvalue weighted by atomic mass is 9.72.